The Labute approximate surface area is 137 Å². The molecule has 0 saturated carbocycles. The Morgan fingerprint density at radius 1 is 1.45 bits per heavy atom. The Morgan fingerprint density at radius 2 is 2.27 bits per heavy atom. The van der Waals surface area contributed by atoms with Crippen molar-refractivity contribution in [2.45, 2.75) is 12.6 Å². The molecule has 1 unspecified atom stereocenters. The van der Waals surface area contributed by atoms with Gasteiger partial charge in [-0.3, -0.25) is 15.0 Å². The summed E-state index contributed by atoms with van der Waals surface area (Å²) in [5, 5.41) is 3.25. The van der Waals surface area contributed by atoms with Crippen molar-refractivity contribution in [1.29, 1.82) is 0 Å². The fraction of sp³-hybridized carbons (Fsp3) is 0.333. The van der Waals surface area contributed by atoms with Crippen LogP contribution in [0.4, 0.5) is 5.13 Å². The Hall–Kier alpha value is -1.47. The second kappa shape index (κ2) is 7.19. The van der Waals surface area contributed by atoms with Crippen LogP contribution >= 0.6 is 22.9 Å². The molecule has 1 aliphatic rings. The fourth-order valence-electron chi connectivity index (χ4n) is 2.34. The number of carbonyl (C=O) groups is 1. The van der Waals surface area contributed by atoms with E-state index in [1.54, 1.807) is 0 Å². The first-order valence-electron chi connectivity index (χ1n) is 7.01. The summed E-state index contributed by atoms with van der Waals surface area (Å²) in [7, 11) is 0. The predicted octanol–water partition coefficient (Wildman–Crippen LogP) is 2.64. The summed E-state index contributed by atoms with van der Waals surface area (Å²) in [4.78, 5) is 18.5. The van der Waals surface area contributed by atoms with E-state index in [4.69, 9.17) is 16.3 Å². The molecule has 1 fully saturated rings. The molecule has 0 bridgehead atoms. The van der Waals surface area contributed by atoms with Crippen LogP contribution in [0.2, 0.25) is 4.34 Å². The summed E-state index contributed by atoms with van der Waals surface area (Å²) < 4.78 is 6.12. The van der Waals surface area contributed by atoms with Gasteiger partial charge in [0.15, 0.2) is 5.13 Å². The number of halogens is 1. The SMILES string of the molecule is O=C(Nc1ncc(Cl)s1)C1CN(Cc2ccccc2)CCO1. The van der Waals surface area contributed by atoms with Crippen molar-refractivity contribution >= 4 is 34.0 Å². The molecule has 0 spiro atoms. The van der Waals surface area contributed by atoms with E-state index in [-0.39, 0.29) is 5.91 Å². The number of hydrogen-bond donors (Lipinski definition) is 1. The lowest BCUT2D eigenvalue weighted by Crippen LogP contribution is -2.47. The highest BCUT2D eigenvalue weighted by molar-refractivity contribution is 7.19. The molecule has 116 valence electrons. The van der Waals surface area contributed by atoms with E-state index < -0.39 is 6.10 Å². The lowest BCUT2D eigenvalue weighted by Gasteiger charge is -2.31. The van der Waals surface area contributed by atoms with Crippen LogP contribution < -0.4 is 5.32 Å². The van der Waals surface area contributed by atoms with Crippen LogP contribution in [0.1, 0.15) is 5.56 Å². The molecule has 1 aromatic carbocycles. The topological polar surface area (TPSA) is 54.5 Å². The number of nitrogens with one attached hydrogen (secondary N) is 1. The molecule has 0 aliphatic carbocycles. The smallest absolute Gasteiger partial charge is 0.256 e. The number of amides is 1. The quantitative estimate of drug-likeness (QED) is 0.932. The van der Waals surface area contributed by atoms with E-state index in [2.05, 4.69) is 27.3 Å². The van der Waals surface area contributed by atoms with Crippen LogP contribution in [0, 0.1) is 0 Å². The molecular weight excluding hydrogens is 322 g/mol. The summed E-state index contributed by atoms with van der Waals surface area (Å²) in [6.45, 7) is 2.75. The van der Waals surface area contributed by atoms with Gasteiger partial charge in [-0.2, -0.15) is 0 Å². The van der Waals surface area contributed by atoms with Gasteiger partial charge in [0.05, 0.1) is 12.8 Å². The molecule has 2 heterocycles. The number of nitrogens with zero attached hydrogens (tertiary/aromatic N) is 2. The van der Waals surface area contributed by atoms with Crippen molar-refractivity contribution in [1.82, 2.24) is 9.88 Å². The Bertz CT molecular complexity index is 635. The number of anilines is 1. The molecule has 0 radical (unpaired) electrons. The predicted molar refractivity (Wildman–Crippen MR) is 87.2 cm³/mol. The van der Waals surface area contributed by atoms with Gasteiger partial charge >= 0.3 is 0 Å². The minimum absolute atomic E-state index is 0.177. The van der Waals surface area contributed by atoms with Crippen LogP contribution in [0.3, 0.4) is 0 Å². The van der Waals surface area contributed by atoms with Crippen LogP contribution in [0.15, 0.2) is 36.5 Å². The minimum Gasteiger partial charge on any atom is -0.366 e. The van der Waals surface area contributed by atoms with Crippen molar-refractivity contribution in [2.24, 2.45) is 0 Å². The zero-order valence-corrected chi connectivity index (χ0v) is 13.4. The van der Waals surface area contributed by atoms with Gasteiger partial charge in [-0.05, 0) is 5.56 Å². The van der Waals surface area contributed by atoms with Crippen molar-refractivity contribution in [3.63, 3.8) is 0 Å². The summed E-state index contributed by atoms with van der Waals surface area (Å²) in [5.74, 6) is -0.177. The Morgan fingerprint density at radius 3 is 3.00 bits per heavy atom. The van der Waals surface area contributed by atoms with Crippen molar-refractivity contribution in [3.8, 4) is 0 Å². The highest BCUT2D eigenvalue weighted by atomic mass is 35.5. The monoisotopic (exact) mass is 337 g/mol. The van der Waals surface area contributed by atoms with Crippen molar-refractivity contribution < 1.29 is 9.53 Å². The van der Waals surface area contributed by atoms with E-state index in [0.717, 1.165) is 13.1 Å². The maximum Gasteiger partial charge on any atom is 0.256 e. The number of benzene rings is 1. The average molecular weight is 338 g/mol. The third-order valence-corrected chi connectivity index (χ3v) is 4.43. The summed E-state index contributed by atoms with van der Waals surface area (Å²) in [6, 6.07) is 10.2. The fourth-order valence-corrected chi connectivity index (χ4v) is 3.16. The summed E-state index contributed by atoms with van der Waals surface area (Å²) in [6.07, 6.45) is 1.03. The molecule has 1 N–H and O–H groups in total. The molecule has 3 rings (SSSR count). The van der Waals surface area contributed by atoms with Crippen molar-refractivity contribution in [3.05, 3.63) is 46.4 Å². The first kappa shape index (κ1) is 15.4. The van der Waals surface area contributed by atoms with Crippen LogP contribution in [-0.4, -0.2) is 41.6 Å². The van der Waals surface area contributed by atoms with Gasteiger partial charge in [-0.15, -0.1) is 0 Å². The third kappa shape index (κ3) is 4.04. The number of aromatic nitrogens is 1. The number of ether oxygens (including phenoxy) is 1. The normalized spacial score (nSPS) is 19.0. The maximum atomic E-state index is 12.2. The molecule has 1 saturated heterocycles. The van der Waals surface area contributed by atoms with Gasteiger partial charge in [-0.1, -0.05) is 53.3 Å². The highest BCUT2D eigenvalue weighted by Crippen LogP contribution is 2.23. The van der Waals surface area contributed by atoms with Gasteiger partial charge in [0.2, 0.25) is 0 Å². The van der Waals surface area contributed by atoms with E-state index in [1.165, 1.54) is 23.1 Å². The molecule has 22 heavy (non-hydrogen) atoms. The molecule has 7 heteroatoms. The van der Waals surface area contributed by atoms with Crippen molar-refractivity contribution in [2.75, 3.05) is 25.0 Å². The molecule has 1 amide bonds. The number of morpholine rings is 1. The van der Waals surface area contributed by atoms with Crippen LogP contribution in [-0.2, 0) is 16.1 Å². The molecule has 2 aromatic rings. The summed E-state index contributed by atoms with van der Waals surface area (Å²) >= 11 is 7.05. The number of carbonyl (C=O) groups excluding carboxylic acids is 1. The molecule has 1 aromatic heterocycles. The Balaban J connectivity index is 1.57. The third-order valence-electron chi connectivity index (χ3n) is 3.40. The largest absolute Gasteiger partial charge is 0.366 e. The summed E-state index contributed by atoms with van der Waals surface area (Å²) in [5.41, 5.74) is 1.23. The van der Waals surface area contributed by atoms with E-state index in [9.17, 15) is 4.79 Å². The number of rotatable bonds is 4. The van der Waals surface area contributed by atoms with E-state index in [1.807, 2.05) is 18.2 Å². The van der Waals surface area contributed by atoms with Gasteiger partial charge in [-0.25, -0.2) is 4.98 Å². The van der Waals surface area contributed by atoms with Gasteiger partial charge < -0.3 is 4.74 Å². The van der Waals surface area contributed by atoms with Gasteiger partial charge in [0, 0.05) is 19.6 Å². The van der Waals surface area contributed by atoms with E-state index in [0.29, 0.717) is 22.6 Å². The second-order valence-electron chi connectivity index (χ2n) is 5.04. The highest BCUT2D eigenvalue weighted by Gasteiger charge is 2.27. The molecular formula is C15H16ClN3O2S. The first-order chi connectivity index (χ1) is 10.7. The number of hydrogen-bond acceptors (Lipinski definition) is 5. The molecule has 1 atom stereocenters. The molecule has 5 nitrogen and oxygen atoms in total. The lowest BCUT2D eigenvalue weighted by atomic mass is 10.2. The van der Waals surface area contributed by atoms with Gasteiger partial charge in [0.25, 0.3) is 5.91 Å². The molecule has 1 aliphatic heterocycles. The van der Waals surface area contributed by atoms with Crippen LogP contribution in [0.25, 0.3) is 0 Å². The lowest BCUT2D eigenvalue weighted by molar-refractivity contribution is -0.133. The minimum atomic E-state index is -0.486. The first-order valence-corrected chi connectivity index (χ1v) is 8.20. The standard InChI is InChI=1S/C15H16ClN3O2S/c16-13-8-17-15(22-13)18-14(20)12-10-19(6-7-21-12)9-11-4-2-1-3-5-11/h1-5,8,12H,6-7,9-10H2,(H,17,18,20). The maximum absolute atomic E-state index is 12.2. The number of thiazole rings is 1. The van der Waals surface area contributed by atoms with E-state index >= 15 is 0 Å². The van der Waals surface area contributed by atoms with Crippen LogP contribution in [0.5, 0.6) is 0 Å². The average Bonchev–Trinajstić information content (AvgIpc) is 2.93. The Kier molecular flexibility index (Phi) is 5.04. The zero-order chi connectivity index (χ0) is 15.4. The zero-order valence-electron chi connectivity index (χ0n) is 11.9. The second-order valence-corrected chi connectivity index (χ2v) is 6.70. The van der Waals surface area contributed by atoms with Gasteiger partial charge in [0.1, 0.15) is 10.4 Å².